The summed E-state index contributed by atoms with van der Waals surface area (Å²) in [5, 5.41) is 146. The number of aliphatic carboxylic acids is 1. The monoisotopic (exact) mass is 1160 g/mol. The molecule has 24 heteroatoms. The third-order valence-corrected chi connectivity index (χ3v) is 21.5. The molecule has 3 heterocycles. The van der Waals surface area contributed by atoms with Gasteiger partial charge in [0.2, 0.25) is 0 Å². The highest BCUT2D eigenvalue weighted by Gasteiger charge is 2.77. The number of aliphatic hydroxyl groups excluding tert-OH is 12. The highest BCUT2D eigenvalue weighted by atomic mass is 16.8. The van der Waals surface area contributed by atoms with Gasteiger partial charge < -0.3 is 104 Å². The lowest BCUT2D eigenvalue weighted by Crippen LogP contribution is -2.76. The molecule has 0 radical (unpaired) electrons. The number of carboxylic acids is 1. The number of esters is 2. The number of carboxylic acid groups (broad SMARTS) is 1. The van der Waals surface area contributed by atoms with E-state index in [1.807, 2.05) is 27.7 Å². The Bertz CT molecular complexity index is 2410. The van der Waals surface area contributed by atoms with E-state index in [0.29, 0.717) is 31.3 Å². The van der Waals surface area contributed by atoms with E-state index in [0.717, 1.165) is 5.57 Å². The number of rotatable bonds is 15. The van der Waals surface area contributed by atoms with Crippen molar-refractivity contribution in [3.63, 3.8) is 0 Å². The molecule has 24 nitrogen and oxygen atoms in total. The van der Waals surface area contributed by atoms with E-state index < -0.39 is 205 Å². The standard InChI is InChI=1S/C57H88O24/c1-11-24(3)47(72)80-44-45(81-48(73)25(4)12-2)57(23-61)27(19-52(44,5)6)26-13-14-31-53(7)17-16-32(54(8,22-60)30(53)15-18-55(31,9)56(26,10)42(68)43(57)69)76-51-41(79-50-37(66)35(64)33(62)28(20-58)74-50)39(38(67)40(78-51)46(70)71)77-49-36(65)34(63)29(21-59)75-49/h11-13,27-45,49-51,58-69H,14-23H2,1-10H3,(H,70,71)/b24-11-,25-12-/t27?,28?,29-,30?,31?,32-,33+,34+,35+,36?,37?,38-,39+,40?,41?,42-,43+,44-,45-,49-,50-,51+,53-,54-,55+,56-,57-/m0/s1. The van der Waals surface area contributed by atoms with Gasteiger partial charge in [-0.1, -0.05) is 65.3 Å². The molecule has 0 spiro atoms. The first-order valence-electron chi connectivity index (χ1n) is 28.3. The summed E-state index contributed by atoms with van der Waals surface area (Å²) in [5.74, 6) is -4.48. The fraction of sp³-hybridized carbons (Fsp3) is 0.842. The van der Waals surface area contributed by atoms with Crippen LogP contribution < -0.4 is 0 Å². The van der Waals surface area contributed by atoms with Crippen LogP contribution in [0.4, 0.5) is 0 Å². The Morgan fingerprint density at radius 1 is 0.630 bits per heavy atom. The molecule has 8 unspecified atom stereocenters. The molecule has 0 aromatic carbocycles. The van der Waals surface area contributed by atoms with Crippen molar-refractivity contribution in [1.29, 1.82) is 0 Å². The largest absolute Gasteiger partial charge is 0.479 e. The van der Waals surface area contributed by atoms with Gasteiger partial charge in [0.25, 0.3) is 0 Å². The minimum Gasteiger partial charge on any atom is -0.479 e. The average molecular weight is 1160 g/mol. The first-order chi connectivity index (χ1) is 37.9. The Morgan fingerprint density at radius 3 is 1.70 bits per heavy atom. The maximum Gasteiger partial charge on any atom is 0.335 e. The zero-order valence-corrected chi connectivity index (χ0v) is 47.8. The summed E-state index contributed by atoms with van der Waals surface area (Å²) in [6, 6.07) is 0. The van der Waals surface area contributed by atoms with Crippen molar-refractivity contribution in [2.75, 3.05) is 26.4 Å². The lowest BCUT2D eigenvalue weighted by molar-refractivity contribution is -0.387. The van der Waals surface area contributed by atoms with Crippen molar-refractivity contribution in [3.05, 3.63) is 34.9 Å². The van der Waals surface area contributed by atoms with Gasteiger partial charge in [-0.2, -0.15) is 0 Å². The molecular weight excluding hydrogens is 1070 g/mol. The van der Waals surface area contributed by atoms with E-state index in [1.165, 1.54) is 0 Å². The molecule has 5 aliphatic carbocycles. The summed E-state index contributed by atoms with van der Waals surface area (Å²) in [4.78, 5) is 40.4. The Balaban J connectivity index is 1.15. The van der Waals surface area contributed by atoms with Crippen molar-refractivity contribution < 1.29 is 119 Å². The lowest BCUT2D eigenvalue weighted by Gasteiger charge is -2.73. The number of hydrogen-bond acceptors (Lipinski definition) is 23. The van der Waals surface area contributed by atoms with Gasteiger partial charge >= 0.3 is 17.9 Å². The molecule has 4 saturated carbocycles. The topological polar surface area (TPSA) is 388 Å². The van der Waals surface area contributed by atoms with E-state index in [1.54, 1.807) is 39.8 Å². The third-order valence-electron chi connectivity index (χ3n) is 21.5. The van der Waals surface area contributed by atoms with Crippen molar-refractivity contribution in [1.82, 2.24) is 0 Å². The van der Waals surface area contributed by atoms with Crippen molar-refractivity contribution >= 4 is 17.9 Å². The Morgan fingerprint density at radius 2 is 1.17 bits per heavy atom. The fourth-order valence-corrected chi connectivity index (χ4v) is 16.2. The summed E-state index contributed by atoms with van der Waals surface area (Å²) in [6.07, 6.45) is -25.7. The summed E-state index contributed by atoms with van der Waals surface area (Å²) in [5.41, 5.74) is -5.25. The number of fused-ring (bicyclic) bond motifs is 7. The van der Waals surface area contributed by atoms with Crippen LogP contribution in [0.15, 0.2) is 34.9 Å². The molecule has 3 saturated heterocycles. The van der Waals surface area contributed by atoms with Crippen LogP contribution in [0.5, 0.6) is 0 Å². The third kappa shape index (κ3) is 9.98. The van der Waals surface area contributed by atoms with Crippen LogP contribution in [0, 0.1) is 50.2 Å². The molecule has 460 valence electrons. The Hall–Kier alpha value is -3.09. The van der Waals surface area contributed by atoms with Gasteiger partial charge in [-0.3, -0.25) is 0 Å². The molecule has 0 amide bonds. The van der Waals surface area contributed by atoms with Crippen LogP contribution in [0.3, 0.4) is 0 Å². The maximum absolute atomic E-state index is 13.9. The fourth-order valence-electron chi connectivity index (χ4n) is 16.2. The molecule has 0 aromatic rings. The van der Waals surface area contributed by atoms with Gasteiger partial charge in [0.1, 0.15) is 67.1 Å². The predicted octanol–water partition coefficient (Wildman–Crippen LogP) is -0.765. The molecule has 0 aromatic heterocycles. The van der Waals surface area contributed by atoms with Gasteiger partial charge in [0, 0.05) is 27.4 Å². The number of aliphatic hydroxyl groups is 12. The molecule has 27 atom stereocenters. The molecule has 3 aliphatic heterocycles. The number of hydrogen-bond donors (Lipinski definition) is 13. The molecule has 8 rings (SSSR count). The van der Waals surface area contributed by atoms with Crippen LogP contribution in [0.25, 0.3) is 0 Å². The average Bonchev–Trinajstić information content (AvgIpc) is 1.99. The number of carbonyl (C=O) groups is 3. The molecule has 7 fully saturated rings. The number of carbonyl (C=O) groups excluding carboxylic acids is 2. The van der Waals surface area contributed by atoms with Crippen LogP contribution in [-0.2, 0) is 52.3 Å². The van der Waals surface area contributed by atoms with E-state index in [9.17, 15) is 80.8 Å². The Kier molecular flexibility index (Phi) is 18.4. The number of allylic oxidation sites excluding steroid dienone is 3. The second-order valence-corrected chi connectivity index (χ2v) is 25.9. The second-order valence-electron chi connectivity index (χ2n) is 25.9. The Labute approximate surface area is 471 Å². The molecule has 8 aliphatic rings. The van der Waals surface area contributed by atoms with E-state index in [-0.39, 0.29) is 24.3 Å². The van der Waals surface area contributed by atoms with Gasteiger partial charge in [-0.25, -0.2) is 14.4 Å². The van der Waals surface area contributed by atoms with Gasteiger partial charge in [-0.15, -0.1) is 0 Å². The SMILES string of the molecule is C/C=C(/C)C(=O)O[C@H]1[C@H](OC(=O)/C(C)=C\C)[C@@]2(CO)C(CC1(C)C)C1=CCC3[C@@]4(C)CC[C@H](O[C@@H]5OC(C(=O)O)[C@@H](O)[C@@H](O[C@@H]6O[C@@H](CO)[C@@H](O)C6O)C5O[C@@H]5OC(CO)[C@@H](O)[C@@H](O)C5O)[C@@](C)(CO)C4CC[C@@]3(C)[C@]1(C)[C@@H](O)[C@H]2O. The van der Waals surface area contributed by atoms with E-state index in [2.05, 4.69) is 19.9 Å². The van der Waals surface area contributed by atoms with Gasteiger partial charge in [0.15, 0.2) is 31.1 Å². The molecule has 13 N–H and O–H groups in total. The molecule has 0 bridgehead atoms. The smallest absolute Gasteiger partial charge is 0.335 e. The molecular formula is C57H88O24. The summed E-state index contributed by atoms with van der Waals surface area (Å²) >= 11 is 0. The lowest BCUT2D eigenvalue weighted by atomic mass is 9.32. The first-order valence-corrected chi connectivity index (χ1v) is 28.3. The second kappa shape index (κ2) is 23.3. The van der Waals surface area contributed by atoms with Crippen molar-refractivity contribution in [2.45, 2.75) is 224 Å². The van der Waals surface area contributed by atoms with Crippen LogP contribution in [0.2, 0.25) is 0 Å². The summed E-state index contributed by atoms with van der Waals surface area (Å²) in [6.45, 7) is 15.3. The first kappa shape index (κ1) is 63.9. The predicted molar refractivity (Wildman–Crippen MR) is 278 cm³/mol. The van der Waals surface area contributed by atoms with Crippen LogP contribution in [-0.4, -0.2) is 227 Å². The van der Waals surface area contributed by atoms with Crippen molar-refractivity contribution in [3.8, 4) is 0 Å². The maximum atomic E-state index is 13.9. The van der Waals surface area contributed by atoms with E-state index in [4.69, 9.17) is 37.9 Å². The zero-order chi connectivity index (χ0) is 60.0. The van der Waals surface area contributed by atoms with Gasteiger partial charge in [-0.05, 0) is 94.8 Å². The molecule has 81 heavy (non-hydrogen) atoms. The quantitative estimate of drug-likeness (QED) is 0.0415. The minimum atomic E-state index is -2.18. The highest BCUT2D eigenvalue weighted by molar-refractivity contribution is 5.89. The summed E-state index contributed by atoms with van der Waals surface area (Å²) < 4.78 is 48.8. The number of ether oxygens (including phenoxy) is 8. The normalized spacial score (nSPS) is 49.8. The van der Waals surface area contributed by atoms with Crippen LogP contribution in [0.1, 0.15) is 108 Å². The van der Waals surface area contributed by atoms with Crippen molar-refractivity contribution in [2.24, 2.45) is 50.2 Å². The van der Waals surface area contributed by atoms with E-state index >= 15 is 0 Å². The summed E-state index contributed by atoms with van der Waals surface area (Å²) in [7, 11) is 0. The van der Waals surface area contributed by atoms with Crippen LogP contribution >= 0.6 is 0 Å². The zero-order valence-electron chi connectivity index (χ0n) is 47.8. The minimum absolute atomic E-state index is 0.165. The van der Waals surface area contributed by atoms with Gasteiger partial charge in [0.05, 0.1) is 50.2 Å². The highest BCUT2D eigenvalue weighted by Crippen LogP contribution is 2.76.